The smallest absolute Gasteiger partial charge is 0.232 e. The van der Waals surface area contributed by atoms with Gasteiger partial charge in [-0.05, 0) is 30.7 Å². The normalized spacial score (nSPS) is 12.1. The van der Waals surface area contributed by atoms with Crippen molar-refractivity contribution in [2.45, 2.75) is 27.0 Å². The zero-order valence-electron chi connectivity index (χ0n) is 19.0. The summed E-state index contributed by atoms with van der Waals surface area (Å²) in [5.74, 6) is 1.56. The minimum Gasteiger partial charge on any atom is -0.486 e. The number of thiazole rings is 1. The van der Waals surface area contributed by atoms with Gasteiger partial charge in [0, 0.05) is 43.2 Å². The maximum atomic E-state index is 10.9. The Hall–Kier alpha value is -3.68. The van der Waals surface area contributed by atoms with Crippen molar-refractivity contribution in [1.82, 2.24) is 20.6 Å². The van der Waals surface area contributed by atoms with Crippen LogP contribution in [0.5, 0.6) is 17.4 Å². The summed E-state index contributed by atoms with van der Waals surface area (Å²) in [6.45, 7) is 6.55. The molecule has 176 valence electrons. The number of carbonyl (C=O) groups excluding carboxylic acids is 1. The number of ether oxygens (including phenoxy) is 3. The van der Waals surface area contributed by atoms with E-state index >= 15 is 0 Å². The van der Waals surface area contributed by atoms with E-state index in [1.165, 1.54) is 6.92 Å². The molecule has 9 nitrogen and oxygen atoms in total. The Labute approximate surface area is 201 Å². The van der Waals surface area contributed by atoms with Crippen molar-refractivity contribution in [3.63, 3.8) is 0 Å². The van der Waals surface area contributed by atoms with E-state index in [4.69, 9.17) is 14.2 Å². The SMILES string of the molecule is CC(=O)NCCNCc1nc(COc2nccc(-c3ccc4c(c3)OCCO4)c2C#N)sc1C. The minimum atomic E-state index is -0.0468. The van der Waals surface area contributed by atoms with E-state index in [9.17, 15) is 10.1 Å². The maximum Gasteiger partial charge on any atom is 0.232 e. The van der Waals surface area contributed by atoms with Gasteiger partial charge in [-0.1, -0.05) is 6.07 Å². The van der Waals surface area contributed by atoms with Gasteiger partial charge in [0.25, 0.3) is 0 Å². The molecular formula is C24H25N5O4S. The van der Waals surface area contributed by atoms with E-state index < -0.39 is 0 Å². The molecule has 10 heteroatoms. The molecule has 0 saturated heterocycles. The van der Waals surface area contributed by atoms with Crippen molar-refractivity contribution >= 4 is 17.2 Å². The highest BCUT2D eigenvalue weighted by atomic mass is 32.1. The summed E-state index contributed by atoms with van der Waals surface area (Å²) in [6, 6.07) is 9.61. The van der Waals surface area contributed by atoms with Crippen LogP contribution in [0.3, 0.4) is 0 Å². The molecule has 3 heterocycles. The number of carbonyl (C=O) groups is 1. The van der Waals surface area contributed by atoms with Gasteiger partial charge >= 0.3 is 0 Å². The Bertz CT molecular complexity index is 1220. The Morgan fingerprint density at radius 3 is 2.85 bits per heavy atom. The van der Waals surface area contributed by atoms with Crippen molar-refractivity contribution in [1.29, 1.82) is 5.26 Å². The third-order valence-corrected chi connectivity index (χ3v) is 6.11. The number of pyridine rings is 1. The van der Waals surface area contributed by atoms with Crippen molar-refractivity contribution in [2.24, 2.45) is 0 Å². The molecule has 1 aromatic carbocycles. The Balaban J connectivity index is 1.43. The van der Waals surface area contributed by atoms with Gasteiger partial charge in [0.2, 0.25) is 11.8 Å². The van der Waals surface area contributed by atoms with Gasteiger partial charge in [-0.2, -0.15) is 5.26 Å². The molecule has 0 saturated carbocycles. The number of aryl methyl sites for hydroxylation is 1. The Morgan fingerprint density at radius 1 is 1.24 bits per heavy atom. The number of nitriles is 1. The molecule has 0 bridgehead atoms. The second-order valence-corrected chi connectivity index (χ2v) is 8.86. The summed E-state index contributed by atoms with van der Waals surface area (Å²) in [5.41, 5.74) is 2.83. The van der Waals surface area contributed by atoms with Crippen molar-refractivity contribution < 1.29 is 19.0 Å². The average Bonchev–Trinajstić information content (AvgIpc) is 3.20. The summed E-state index contributed by atoms with van der Waals surface area (Å²) >= 11 is 1.54. The van der Waals surface area contributed by atoms with Gasteiger partial charge in [0.15, 0.2) is 11.5 Å². The van der Waals surface area contributed by atoms with Gasteiger partial charge in [-0.25, -0.2) is 9.97 Å². The quantitative estimate of drug-likeness (QED) is 0.450. The largest absolute Gasteiger partial charge is 0.486 e. The second kappa shape index (κ2) is 11.0. The molecule has 0 atom stereocenters. The molecule has 2 N–H and O–H groups in total. The summed E-state index contributed by atoms with van der Waals surface area (Å²) in [4.78, 5) is 20.9. The van der Waals surface area contributed by atoms with Crippen molar-refractivity contribution in [2.75, 3.05) is 26.3 Å². The van der Waals surface area contributed by atoms with Gasteiger partial charge in [0.1, 0.15) is 36.5 Å². The average molecular weight is 480 g/mol. The van der Waals surface area contributed by atoms with Crippen LogP contribution in [-0.2, 0) is 17.9 Å². The lowest BCUT2D eigenvalue weighted by Gasteiger charge is -2.19. The fourth-order valence-corrected chi connectivity index (χ4v) is 4.35. The van der Waals surface area contributed by atoms with Crippen molar-refractivity contribution in [3.05, 3.63) is 51.6 Å². The standard InChI is InChI=1S/C24H25N5O4S/c1-15-20(13-26-7-8-27-16(2)30)29-23(34-15)14-33-24-19(12-25)18(5-6-28-24)17-3-4-21-22(11-17)32-10-9-31-21/h3-6,11,26H,7-10,13-14H2,1-2H3,(H,27,30). The summed E-state index contributed by atoms with van der Waals surface area (Å²) in [7, 11) is 0. The topological polar surface area (TPSA) is 118 Å². The molecule has 0 spiro atoms. The lowest BCUT2D eigenvalue weighted by molar-refractivity contribution is -0.118. The van der Waals surface area contributed by atoms with E-state index in [1.807, 2.05) is 25.1 Å². The molecular weight excluding hydrogens is 454 g/mol. The number of hydrogen-bond donors (Lipinski definition) is 2. The van der Waals surface area contributed by atoms with Crippen LogP contribution in [0.4, 0.5) is 0 Å². The molecule has 1 aliphatic rings. The molecule has 4 rings (SSSR count). The van der Waals surface area contributed by atoms with Gasteiger partial charge in [0.05, 0.1) is 5.69 Å². The predicted octanol–water partition coefficient (Wildman–Crippen LogP) is 2.96. The number of nitrogens with zero attached hydrogens (tertiary/aromatic N) is 3. The number of aromatic nitrogens is 2. The van der Waals surface area contributed by atoms with E-state index in [0.717, 1.165) is 21.1 Å². The summed E-state index contributed by atoms with van der Waals surface area (Å²) in [6.07, 6.45) is 1.62. The number of rotatable bonds is 9. The Morgan fingerprint density at radius 2 is 2.06 bits per heavy atom. The van der Waals surface area contributed by atoms with Crippen LogP contribution < -0.4 is 24.8 Å². The first-order valence-electron chi connectivity index (χ1n) is 10.9. The van der Waals surface area contributed by atoms with Crippen LogP contribution in [0.15, 0.2) is 30.5 Å². The van der Waals surface area contributed by atoms with Gasteiger partial charge < -0.3 is 24.8 Å². The number of fused-ring (bicyclic) bond motifs is 1. The van der Waals surface area contributed by atoms with Gasteiger partial charge in [-0.15, -0.1) is 11.3 Å². The fraction of sp³-hybridized carbons (Fsp3) is 0.333. The van der Waals surface area contributed by atoms with Gasteiger partial charge in [-0.3, -0.25) is 4.79 Å². The highest BCUT2D eigenvalue weighted by molar-refractivity contribution is 7.11. The highest BCUT2D eigenvalue weighted by Crippen LogP contribution is 2.37. The Kier molecular flexibility index (Phi) is 7.57. The van der Waals surface area contributed by atoms with Crippen LogP contribution in [0, 0.1) is 18.3 Å². The van der Waals surface area contributed by atoms with E-state index in [2.05, 4.69) is 26.7 Å². The zero-order chi connectivity index (χ0) is 23.9. The first kappa shape index (κ1) is 23.5. The van der Waals surface area contributed by atoms with Crippen molar-refractivity contribution in [3.8, 4) is 34.6 Å². The molecule has 0 fully saturated rings. The van der Waals surface area contributed by atoms with Crippen LogP contribution in [0.2, 0.25) is 0 Å². The lowest BCUT2D eigenvalue weighted by atomic mass is 10.0. The third-order valence-electron chi connectivity index (χ3n) is 5.12. The maximum absolute atomic E-state index is 10.9. The minimum absolute atomic E-state index is 0.0468. The number of benzene rings is 1. The molecule has 3 aromatic rings. The number of hydrogen-bond acceptors (Lipinski definition) is 9. The molecule has 0 aliphatic carbocycles. The number of amides is 1. The van der Waals surface area contributed by atoms with Crippen LogP contribution >= 0.6 is 11.3 Å². The lowest BCUT2D eigenvalue weighted by Crippen LogP contribution is -2.30. The van der Waals surface area contributed by atoms with E-state index in [-0.39, 0.29) is 18.4 Å². The third kappa shape index (κ3) is 5.62. The van der Waals surface area contributed by atoms with Crippen LogP contribution in [-0.4, -0.2) is 42.2 Å². The molecule has 1 aliphatic heterocycles. The highest BCUT2D eigenvalue weighted by Gasteiger charge is 2.17. The molecule has 2 aromatic heterocycles. The van der Waals surface area contributed by atoms with E-state index in [0.29, 0.717) is 55.5 Å². The molecule has 1 amide bonds. The second-order valence-electron chi connectivity index (χ2n) is 7.57. The van der Waals surface area contributed by atoms with Crippen LogP contribution in [0.1, 0.15) is 28.1 Å². The molecule has 0 unspecified atom stereocenters. The van der Waals surface area contributed by atoms with E-state index in [1.54, 1.807) is 23.6 Å². The summed E-state index contributed by atoms with van der Waals surface area (Å²) < 4.78 is 17.2. The molecule has 34 heavy (non-hydrogen) atoms. The van der Waals surface area contributed by atoms with Crippen LogP contribution in [0.25, 0.3) is 11.1 Å². The number of nitrogens with one attached hydrogen (secondary N) is 2. The predicted molar refractivity (Wildman–Crippen MR) is 127 cm³/mol. The first-order chi connectivity index (χ1) is 16.5. The molecule has 0 radical (unpaired) electrons. The fourth-order valence-electron chi connectivity index (χ4n) is 3.49. The zero-order valence-corrected chi connectivity index (χ0v) is 19.8. The monoisotopic (exact) mass is 479 g/mol. The summed E-state index contributed by atoms with van der Waals surface area (Å²) in [5, 5.41) is 16.7. The first-order valence-corrected chi connectivity index (χ1v) is 11.7.